The van der Waals surface area contributed by atoms with Gasteiger partial charge in [0.05, 0.1) is 0 Å². The number of amides is 1. The molecule has 0 aliphatic rings. The molecule has 1 aromatic rings. The molecule has 0 spiro atoms. The average Bonchev–Trinajstić information content (AvgIpc) is 2.38. The summed E-state index contributed by atoms with van der Waals surface area (Å²) in [5.41, 5.74) is 0.542. The Bertz CT molecular complexity index is 417. The van der Waals surface area contributed by atoms with Crippen molar-refractivity contribution in [3.05, 3.63) is 29.8 Å². The lowest BCUT2D eigenvalue weighted by atomic mass is 10.1. The van der Waals surface area contributed by atoms with Gasteiger partial charge in [0.25, 0.3) is 5.91 Å². The van der Waals surface area contributed by atoms with Crippen molar-refractivity contribution in [2.75, 3.05) is 12.9 Å². The van der Waals surface area contributed by atoms with Gasteiger partial charge in [-0.2, -0.15) is 0 Å². The molecule has 1 amide bonds. The van der Waals surface area contributed by atoms with E-state index in [4.69, 9.17) is 5.11 Å². The highest BCUT2D eigenvalue weighted by atomic mass is 32.2. The lowest BCUT2D eigenvalue weighted by Gasteiger charge is -2.15. The van der Waals surface area contributed by atoms with Crippen molar-refractivity contribution in [2.45, 2.75) is 30.7 Å². The highest BCUT2D eigenvalue weighted by molar-refractivity contribution is 7.84. The third-order valence-corrected chi connectivity index (χ3v) is 3.69. The molecule has 2 atom stereocenters. The summed E-state index contributed by atoms with van der Waals surface area (Å²) in [7, 11) is -1.03. The van der Waals surface area contributed by atoms with E-state index in [0.29, 0.717) is 16.9 Å². The van der Waals surface area contributed by atoms with Gasteiger partial charge < -0.3 is 10.4 Å². The first-order valence-corrected chi connectivity index (χ1v) is 7.49. The normalized spacial score (nSPS) is 13.9. The van der Waals surface area contributed by atoms with Crippen molar-refractivity contribution in [1.82, 2.24) is 5.32 Å². The quantitative estimate of drug-likeness (QED) is 0.818. The highest BCUT2D eigenvalue weighted by Gasteiger charge is 2.11. The van der Waals surface area contributed by atoms with Crippen LogP contribution in [-0.2, 0) is 10.8 Å². The molecular formula is C13H19NO3S. The van der Waals surface area contributed by atoms with E-state index < -0.39 is 10.8 Å². The molecule has 1 aromatic carbocycles. The molecule has 2 N–H and O–H groups in total. The maximum atomic E-state index is 11.9. The molecule has 0 heterocycles. The van der Waals surface area contributed by atoms with E-state index in [9.17, 15) is 9.00 Å². The fraction of sp³-hybridized carbons (Fsp3) is 0.462. The third kappa shape index (κ3) is 4.23. The summed E-state index contributed by atoms with van der Waals surface area (Å²) in [6.07, 6.45) is 2.94. The molecule has 100 valence electrons. The van der Waals surface area contributed by atoms with Gasteiger partial charge in [0.2, 0.25) is 0 Å². The van der Waals surface area contributed by atoms with E-state index in [1.165, 1.54) is 0 Å². The van der Waals surface area contributed by atoms with Gasteiger partial charge in [-0.05, 0) is 37.1 Å². The molecular weight excluding hydrogens is 250 g/mol. The molecule has 0 aliphatic heterocycles. The van der Waals surface area contributed by atoms with Crippen LogP contribution in [0.15, 0.2) is 29.2 Å². The lowest BCUT2D eigenvalue weighted by molar-refractivity contribution is 0.0929. The zero-order valence-corrected chi connectivity index (χ0v) is 11.5. The van der Waals surface area contributed by atoms with Crippen LogP contribution in [0.3, 0.4) is 0 Å². The average molecular weight is 269 g/mol. The number of rotatable bonds is 6. The number of nitrogens with one attached hydrogen (secondary N) is 1. The number of aliphatic hydroxyl groups excluding tert-OH is 1. The number of carbonyl (C=O) groups is 1. The first kappa shape index (κ1) is 14.9. The zero-order valence-electron chi connectivity index (χ0n) is 10.7. The van der Waals surface area contributed by atoms with Crippen LogP contribution in [0.2, 0.25) is 0 Å². The summed E-state index contributed by atoms with van der Waals surface area (Å²) < 4.78 is 11.2. The van der Waals surface area contributed by atoms with Crippen LogP contribution in [0.1, 0.15) is 30.1 Å². The van der Waals surface area contributed by atoms with Crippen LogP contribution in [-0.4, -0.2) is 34.1 Å². The standard InChI is InChI=1S/C13H19NO3S/c1-3-11(8-9-15)14-13(16)10-4-6-12(7-5-10)18(2)17/h4-7,11,15H,3,8-9H2,1-2H3,(H,14,16). The fourth-order valence-corrected chi connectivity index (χ4v) is 2.12. The fourth-order valence-electron chi connectivity index (χ4n) is 1.60. The molecule has 1 rings (SSSR count). The highest BCUT2D eigenvalue weighted by Crippen LogP contribution is 2.08. The van der Waals surface area contributed by atoms with Gasteiger partial charge in [-0.15, -0.1) is 0 Å². The first-order chi connectivity index (χ1) is 8.58. The SMILES string of the molecule is CCC(CCO)NC(=O)c1ccc(S(C)=O)cc1. The molecule has 0 fully saturated rings. The zero-order chi connectivity index (χ0) is 13.5. The van der Waals surface area contributed by atoms with Gasteiger partial charge in [0.1, 0.15) is 0 Å². The first-order valence-electron chi connectivity index (χ1n) is 5.93. The van der Waals surface area contributed by atoms with Crippen molar-refractivity contribution >= 4 is 16.7 Å². The van der Waals surface area contributed by atoms with Crippen molar-refractivity contribution in [3.63, 3.8) is 0 Å². The summed E-state index contributed by atoms with van der Waals surface area (Å²) in [4.78, 5) is 12.6. The summed E-state index contributed by atoms with van der Waals surface area (Å²) in [6, 6.07) is 6.70. The Morgan fingerprint density at radius 2 is 2.00 bits per heavy atom. The van der Waals surface area contributed by atoms with Gasteiger partial charge in [-0.1, -0.05) is 6.92 Å². The number of aliphatic hydroxyl groups is 1. The Kier molecular flexibility index (Phi) is 6.01. The molecule has 0 aromatic heterocycles. The van der Waals surface area contributed by atoms with Crippen molar-refractivity contribution < 1.29 is 14.1 Å². The second kappa shape index (κ2) is 7.28. The van der Waals surface area contributed by atoms with E-state index >= 15 is 0 Å². The minimum Gasteiger partial charge on any atom is -0.396 e. The van der Waals surface area contributed by atoms with Crippen LogP contribution in [0, 0.1) is 0 Å². The van der Waals surface area contributed by atoms with Crippen LogP contribution >= 0.6 is 0 Å². The second-order valence-corrected chi connectivity index (χ2v) is 5.45. The molecule has 0 aliphatic carbocycles. The van der Waals surface area contributed by atoms with Gasteiger partial charge in [0.15, 0.2) is 0 Å². The van der Waals surface area contributed by atoms with Gasteiger partial charge in [0, 0.05) is 40.2 Å². The largest absolute Gasteiger partial charge is 0.396 e. The molecule has 18 heavy (non-hydrogen) atoms. The molecule has 0 radical (unpaired) electrons. The monoisotopic (exact) mass is 269 g/mol. The van der Waals surface area contributed by atoms with E-state index in [1.807, 2.05) is 6.92 Å². The van der Waals surface area contributed by atoms with Crippen molar-refractivity contribution in [3.8, 4) is 0 Å². The van der Waals surface area contributed by atoms with Crippen LogP contribution in [0.4, 0.5) is 0 Å². The predicted molar refractivity (Wildman–Crippen MR) is 72.0 cm³/mol. The number of carbonyl (C=O) groups excluding carboxylic acids is 1. The minimum absolute atomic E-state index is 0.0116. The predicted octanol–water partition coefficient (Wildman–Crippen LogP) is 1.31. The molecule has 2 unspecified atom stereocenters. The molecule has 0 saturated heterocycles. The van der Waals surface area contributed by atoms with Crippen LogP contribution in [0.5, 0.6) is 0 Å². The van der Waals surface area contributed by atoms with Crippen LogP contribution < -0.4 is 5.32 Å². The van der Waals surface area contributed by atoms with Crippen LogP contribution in [0.25, 0.3) is 0 Å². The Morgan fingerprint density at radius 3 is 2.44 bits per heavy atom. The molecule has 4 nitrogen and oxygen atoms in total. The third-order valence-electron chi connectivity index (χ3n) is 2.75. The van der Waals surface area contributed by atoms with E-state index in [2.05, 4.69) is 5.32 Å². The number of benzene rings is 1. The van der Waals surface area contributed by atoms with E-state index in [1.54, 1.807) is 30.5 Å². The topological polar surface area (TPSA) is 66.4 Å². The number of hydrogen-bond acceptors (Lipinski definition) is 3. The van der Waals surface area contributed by atoms with Gasteiger partial charge in [-0.3, -0.25) is 9.00 Å². The maximum Gasteiger partial charge on any atom is 0.251 e. The Labute approximate surface area is 110 Å². The van der Waals surface area contributed by atoms with E-state index in [-0.39, 0.29) is 18.6 Å². The Balaban J connectivity index is 2.69. The Hall–Kier alpha value is -1.20. The molecule has 0 saturated carbocycles. The maximum absolute atomic E-state index is 11.9. The summed E-state index contributed by atoms with van der Waals surface area (Å²) >= 11 is 0. The summed E-state index contributed by atoms with van der Waals surface area (Å²) in [5.74, 6) is -0.163. The smallest absolute Gasteiger partial charge is 0.251 e. The van der Waals surface area contributed by atoms with Gasteiger partial charge >= 0.3 is 0 Å². The van der Waals surface area contributed by atoms with Gasteiger partial charge in [-0.25, -0.2) is 0 Å². The minimum atomic E-state index is -1.03. The summed E-state index contributed by atoms with van der Waals surface area (Å²) in [6.45, 7) is 2.02. The summed E-state index contributed by atoms with van der Waals surface area (Å²) in [5, 5.41) is 11.7. The molecule has 5 heteroatoms. The Morgan fingerprint density at radius 1 is 1.39 bits per heavy atom. The molecule has 0 bridgehead atoms. The second-order valence-electron chi connectivity index (χ2n) is 4.07. The van der Waals surface area contributed by atoms with Crippen molar-refractivity contribution in [2.24, 2.45) is 0 Å². The van der Waals surface area contributed by atoms with E-state index in [0.717, 1.165) is 6.42 Å². The van der Waals surface area contributed by atoms with Crippen molar-refractivity contribution in [1.29, 1.82) is 0 Å². The lowest BCUT2D eigenvalue weighted by Crippen LogP contribution is -2.35. The number of hydrogen-bond donors (Lipinski definition) is 2.